The van der Waals surface area contributed by atoms with Crippen LogP contribution in [0.5, 0.6) is 11.5 Å². The summed E-state index contributed by atoms with van der Waals surface area (Å²) in [6.45, 7) is 3.73. The van der Waals surface area contributed by atoms with Gasteiger partial charge in [0.05, 0.1) is 20.8 Å². The number of carbonyl (C=O) groups excluding carboxylic acids is 1. The highest BCUT2D eigenvalue weighted by molar-refractivity contribution is 5.79. The first kappa shape index (κ1) is 19.6. The van der Waals surface area contributed by atoms with Crippen LogP contribution in [-0.2, 0) is 11.2 Å². The Morgan fingerprint density at radius 3 is 2.58 bits per heavy atom. The van der Waals surface area contributed by atoms with Crippen LogP contribution in [0.4, 0.5) is 0 Å². The second-order valence-electron chi connectivity index (χ2n) is 5.23. The van der Waals surface area contributed by atoms with Crippen molar-refractivity contribution >= 4 is 11.9 Å². The van der Waals surface area contributed by atoms with Crippen LogP contribution in [-0.4, -0.2) is 45.7 Å². The summed E-state index contributed by atoms with van der Waals surface area (Å²) in [4.78, 5) is 15.6. The van der Waals surface area contributed by atoms with Gasteiger partial charge in [0.15, 0.2) is 17.5 Å². The van der Waals surface area contributed by atoms with E-state index in [1.807, 2.05) is 25.1 Å². The second-order valence-corrected chi connectivity index (χ2v) is 5.23. The Bertz CT molecular complexity index is 547. The summed E-state index contributed by atoms with van der Waals surface area (Å²) in [5, 5.41) is 5.84. The number of ether oxygens (including phenoxy) is 2. The molecule has 134 valence electrons. The third-order valence-corrected chi connectivity index (χ3v) is 3.36. The van der Waals surface area contributed by atoms with E-state index in [0.29, 0.717) is 43.5 Å². The number of amides is 1. The van der Waals surface area contributed by atoms with Crippen molar-refractivity contribution in [1.82, 2.24) is 10.6 Å². The fourth-order valence-electron chi connectivity index (χ4n) is 2.06. The first-order chi connectivity index (χ1) is 11.6. The number of hydrogen-bond acceptors (Lipinski definition) is 4. The van der Waals surface area contributed by atoms with E-state index in [1.54, 1.807) is 14.2 Å². The molecule has 0 heterocycles. The maximum atomic E-state index is 11.4. The van der Waals surface area contributed by atoms with Gasteiger partial charge in [-0.1, -0.05) is 13.0 Å². The van der Waals surface area contributed by atoms with Crippen molar-refractivity contribution in [1.29, 1.82) is 0 Å². The molecular formula is C17H28N4O3. The third-order valence-electron chi connectivity index (χ3n) is 3.36. The largest absolute Gasteiger partial charge is 0.493 e. The lowest BCUT2D eigenvalue weighted by atomic mass is 10.1. The molecule has 1 aromatic rings. The number of benzene rings is 1. The minimum Gasteiger partial charge on any atom is -0.493 e. The lowest BCUT2D eigenvalue weighted by Gasteiger charge is -2.10. The van der Waals surface area contributed by atoms with E-state index in [0.717, 1.165) is 18.4 Å². The topological polar surface area (TPSA) is 98.0 Å². The van der Waals surface area contributed by atoms with Crippen LogP contribution in [0, 0.1) is 0 Å². The Morgan fingerprint density at radius 1 is 1.17 bits per heavy atom. The highest BCUT2D eigenvalue weighted by Gasteiger charge is 2.04. The molecule has 0 atom stereocenters. The van der Waals surface area contributed by atoms with Gasteiger partial charge >= 0.3 is 0 Å². The Hall–Kier alpha value is -2.44. The zero-order chi connectivity index (χ0) is 17.8. The van der Waals surface area contributed by atoms with Crippen molar-refractivity contribution in [2.45, 2.75) is 26.2 Å². The van der Waals surface area contributed by atoms with Gasteiger partial charge in [0.2, 0.25) is 5.91 Å². The molecule has 7 heteroatoms. The molecule has 24 heavy (non-hydrogen) atoms. The Kier molecular flexibility index (Phi) is 9.11. The van der Waals surface area contributed by atoms with E-state index < -0.39 is 0 Å². The SMILES string of the molecule is CCCNC(=O)CCN=C(N)NCCc1ccc(OC)c(OC)c1. The maximum absolute atomic E-state index is 11.4. The highest BCUT2D eigenvalue weighted by Crippen LogP contribution is 2.27. The van der Waals surface area contributed by atoms with Crippen LogP contribution in [0.1, 0.15) is 25.3 Å². The molecule has 0 fully saturated rings. The predicted molar refractivity (Wildman–Crippen MR) is 95.7 cm³/mol. The van der Waals surface area contributed by atoms with Gasteiger partial charge in [-0.25, -0.2) is 0 Å². The van der Waals surface area contributed by atoms with E-state index in [2.05, 4.69) is 15.6 Å². The highest BCUT2D eigenvalue weighted by atomic mass is 16.5. The molecule has 0 aliphatic carbocycles. The summed E-state index contributed by atoms with van der Waals surface area (Å²) in [6, 6.07) is 5.79. The van der Waals surface area contributed by atoms with Crippen molar-refractivity contribution < 1.29 is 14.3 Å². The smallest absolute Gasteiger partial charge is 0.221 e. The molecule has 0 spiro atoms. The number of nitrogens with zero attached hydrogens (tertiary/aromatic N) is 1. The number of nitrogens with two attached hydrogens (primary N) is 1. The molecule has 0 aromatic heterocycles. The number of hydrogen-bond donors (Lipinski definition) is 3. The van der Waals surface area contributed by atoms with Crippen LogP contribution >= 0.6 is 0 Å². The van der Waals surface area contributed by atoms with Gasteiger partial charge in [0, 0.05) is 19.5 Å². The van der Waals surface area contributed by atoms with E-state index in [4.69, 9.17) is 15.2 Å². The van der Waals surface area contributed by atoms with Gasteiger partial charge in [0.1, 0.15) is 0 Å². The standard InChI is InChI=1S/C17H28N4O3/c1-4-9-19-16(22)8-11-21-17(18)20-10-7-13-5-6-14(23-2)15(12-13)24-3/h5-6,12H,4,7-11H2,1-3H3,(H,19,22)(H3,18,20,21). The van der Waals surface area contributed by atoms with Gasteiger partial charge in [-0.05, 0) is 30.5 Å². The summed E-state index contributed by atoms with van der Waals surface area (Å²) in [5.41, 5.74) is 6.89. The average Bonchev–Trinajstić information content (AvgIpc) is 2.59. The number of nitrogens with one attached hydrogen (secondary N) is 2. The number of rotatable bonds is 10. The molecule has 7 nitrogen and oxygen atoms in total. The monoisotopic (exact) mass is 336 g/mol. The van der Waals surface area contributed by atoms with Crippen molar-refractivity contribution in [3.8, 4) is 11.5 Å². The van der Waals surface area contributed by atoms with Gasteiger partial charge in [-0.15, -0.1) is 0 Å². The molecule has 1 rings (SSSR count). The zero-order valence-corrected chi connectivity index (χ0v) is 14.7. The lowest BCUT2D eigenvalue weighted by molar-refractivity contribution is -0.120. The summed E-state index contributed by atoms with van der Waals surface area (Å²) in [6.07, 6.45) is 2.04. The zero-order valence-electron chi connectivity index (χ0n) is 14.7. The summed E-state index contributed by atoms with van der Waals surface area (Å²) in [7, 11) is 3.22. The molecule has 0 unspecified atom stereocenters. The second kappa shape index (κ2) is 11.2. The minimum absolute atomic E-state index is 0.00118. The van der Waals surface area contributed by atoms with Gasteiger partial charge in [-0.3, -0.25) is 9.79 Å². The van der Waals surface area contributed by atoms with Crippen LogP contribution in [0.3, 0.4) is 0 Å². The minimum atomic E-state index is -0.00118. The van der Waals surface area contributed by atoms with Crippen LogP contribution in [0.15, 0.2) is 23.2 Å². The van der Waals surface area contributed by atoms with Gasteiger partial charge in [0.25, 0.3) is 0 Å². The van der Waals surface area contributed by atoms with E-state index in [9.17, 15) is 4.79 Å². The lowest BCUT2D eigenvalue weighted by Crippen LogP contribution is -2.33. The molecule has 0 radical (unpaired) electrons. The van der Waals surface area contributed by atoms with Crippen LogP contribution in [0.2, 0.25) is 0 Å². The summed E-state index contributed by atoms with van der Waals surface area (Å²) < 4.78 is 10.5. The van der Waals surface area contributed by atoms with Crippen molar-refractivity contribution in [2.24, 2.45) is 10.7 Å². The number of guanidine groups is 1. The van der Waals surface area contributed by atoms with Crippen molar-refractivity contribution in [3.05, 3.63) is 23.8 Å². The number of methoxy groups -OCH3 is 2. The fraction of sp³-hybridized carbons (Fsp3) is 0.529. The maximum Gasteiger partial charge on any atom is 0.221 e. The normalized spacial score (nSPS) is 11.0. The third kappa shape index (κ3) is 7.21. The molecule has 1 amide bonds. The Morgan fingerprint density at radius 2 is 1.92 bits per heavy atom. The molecule has 0 saturated heterocycles. The number of aliphatic imine (C=N–C) groups is 1. The van der Waals surface area contributed by atoms with Gasteiger partial charge < -0.3 is 25.8 Å². The summed E-state index contributed by atoms with van der Waals surface area (Å²) in [5.74, 6) is 1.75. The molecule has 1 aromatic carbocycles. The first-order valence-electron chi connectivity index (χ1n) is 8.12. The van der Waals surface area contributed by atoms with Crippen LogP contribution < -0.4 is 25.8 Å². The van der Waals surface area contributed by atoms with Crippen LogP contribution in [0.25, 0.3) is 0 Å². The summed E-state index contributed by atoms with van der Waals surface area (Å²) >= 11 is 0. The quantitative estimate of drug-likeness (QED) is 0.438. The predicted octanol–water partition coefficient (Wildman–Crippen LogP) is 1.07. The van der Waals surface area contributed by atoms with Gasteiger partial charge in [-0.2, -0.15) is 0 Å². The Balaban J connectivity index is 2.33. The molecule has 4 N–H and O–H groups in total. The average molecular weight is 336 g/mol. The fourth-order valence-corrected chi connectivity index (χ4v) is 2.06. The van der Waals surface area contributed by atoms with Crippen molar-refractivity contribution in [3.63, 3.8) is 0 Å². The molecule has 0 aliphatic heterocycles. The number of carbonyl (C=O) groups is 1. The molecule has 0 saturated carbocycles. The molecule has 0 aliphatic rings. The molecular weight excluding hydrogens is 308 g/mol. The first-order valence-corrected chi connectivity index (χ1v) is 8.12. The van der Waals surface area contributed by atoms with E-state index in [1.165, 1.54) is 0 Å². The Labute approximate surface area is 143 Å². The molecule has 0 bridgehead atoms. The van der Waals surface area contributed by atoms with E-state index in [-0.39, 0.29) is 5.91 Å². The van der Waals surface area contributed by atoms with E-state index >= 15 is 0 Å². The van der Waals surface area contributed by atoms with Crippen molar-refractivity contribution in [2.75, 3.05) is 33.9 Å².